The zero-order valence-corrected chi connectivity index (χ0v) is 21.5. The third-order valence-electron chi connectivity index (χ3n) is 5.58. The minimum Gasteiger partial charge on any atom is -0.506 e. The quantitative estimate of drug-likeness (QED) is 0.437. The number of benzene rings is 2. The topological polar surface area (TPSA) is 107 Å². The Hall–Kier alpha value is -3.54. The SMILES string of the molecule is CC(C)(C)OC(=O)CNC(=O)c1c(O)c2cc(Br)cc3c2n(c1=O)C(c1ccc(C(F)(F)F)cc1)CO3. The van der Waals surface area contributed by atoms with E-state index in [-0.39, 0.29) is 23.3 Å². The fourth-order valence-electron chi connectivity index (χ4n) is 4.07. The van der Waals surface area contributed by atoms with Gasteiger partial charge in [0.05, 0.1) is 17.1 Å². The number of amides is 1. The number of hydrogen-bond acceptors (Lipinski definition) is 6. The average Bonchev–Trinajstić information content (AvgIpc) is 2.79. The van der Waals surface area contributed by atoms with Gasteiger partial charge in [-0.1, -0.05) is 28.1 Å². The van der Waals surface area contributed by atoms with Gasteiger partial charge in [-0.3, -0.25) is 19.0 Å². The second kappa shape index (κ2) is 9.40. The molecule has 0 bridgehead atoms. The van der Waals surface area contributed by atoms with Crippen LogP contribution in [0.1, 0.15) is 48.3 Å². The Morgan fingerprint density at radius 1 is 1.19 bits per heavy atom. The van der Waals surface area contributed by atoms with Crippen molar-refractivity contribution in [3.05, 3.63) is 67.9 Å². The molecule has 8 nitrogen and oxygen atoms in total. The number of alkyl halides is 3. The monoisotopic (exact) mass is 582 g/mol. The van der Waals surface area contributed by atoms with Crippen LogP contribution in [-0.4, -0.2) is 40.3 Å². The Labute approximate surface area is 217 Å². The first-order valence-corrected chi connectivity index (χ1v) is 11.9. The molecule has 2 aromatic carbocycles. The third kappa shape index (κ3) is 5.29. The van der Waals surface area contributed by atoms with Crippen LogP contribution in [0.4, 0.5) is 13.2 Å². The van der Waals surface area contributed by atoms with Crippen LogP contribution < -0.4 is 15.6 Å². The van der Waals surface area contributed by atoms with Crippen LogP contribution in [0.3, 0.4) is 0 Å². The highest BCUT2D eigenvalue weighted by molar-refractivity contribution is 9.10. The van der Waals surface area contributed by atoms with E-state index in [0.29, 0.717) is 10.0 Å². The lowest BCUT2D eigenvalue weighted by molar-refractivity contribution is -0.153. The maximum atomic E-state index is 13.6. The minimum atomic E-state index is -4.54. The molecule has 0 aliphatic carbocycles. The highest BCUT2D eigenvalue weighted by atomic mass is 79.9. The summed E-state index contributed by atoms with van der Waals surface area (Å²) in [5.74, 6) is -2.15. The largest absolute Gasteiger partial charge is 0.506 e. The number of aromatic nitrogens is 1. The van der Waals surface area contributed by atoms with Gasteiger partial charge in [-0.25, -0.2) is 0 Å². The highest BCUT2D eigenvalue weighted by Gasteiger charge is 2.34. The Morgan fingerprint density at radius 2 is 1.84 bits per heavy atom. The van der Waals surface area contributed by atoms with Crippen molar-refractivity contribution >= 4 is 38.7 Å². The number of carbonyl (C=O) groups is 2. The minimum absolute atomic E-state index is 0.100. The Balaban J connectivity index is 1.82. The Morgan fingerprint density at radius 3 is 2.43 bits per heavy atom. The molecule has 1 aliphatic rings. The van der Waals surface area contributed by atoms with E-state index in [2.05, 4.69) is 21.2 Å². The first-order chi connectivity index (χ1) is 17.2. The number of hydrogen-bond donors (Lipinski definition) is 2. The number of pyridine rings is 1. The van der Waals surface area contributed by atoms with Gasteiger partial charge in [0.25, 0.3) is 11.5 Å². The van der Waals surface area contributed by atoms with Crippen molar-refractivity contribution < 1.29 is 37.3 Å². The predicted molar refractivity (Wildman–Crippen MR) is 131 cm³/mol. The van der Waals surface area contributed by atoms with Gasteiger partial charge in [0.2, 0.25) is 0 Å². The Bertz CT molecular complexity index is 1460. The number of halogens is 4. The summed E-state index contributed by atoms with van der Waals surface area (Å²) in [5.41, 5.74) is -2.68. The molecule has 0 saturated heterocycles. The molecule has 0 saturated carbocycles. The fraction of sp³-hybridized carbons (Fsp3) is 0.320. The predicted octanol–water partition coefficient (Wildman–Crippen LogP) is 4.54. The smallest absolute Gasteiger partial charge is 0.416 e. The molecule has 2 N–H and O–H groups in total. The molecule has 4 rings (SSSR count). The van der Waals surface area contributed by atoms with Crippen LogP contribution in [0.2, 0.25) is 0 Å². The molecule has 1 amide bonds. The lowest BCUT2D eigenvalue weighted by Gasteiger charge is -2.30. The number of aromatic hydroxyl groups is 1. The molecular formula is C25H22BrF3N2O6. The van der Waals surface area contributed by atoms with Crippen molar-refractivity contribution in [3.8, 4) is 11.5 Å². The molecule has 0 fully saturated rings. The van der Waals surface area contributed by atoms with Gasteiger partial charge in [-0.05, 0) is 50.6 Å². The van der Waals surface area contributed by atoms with E-state index >= 15 is 0 Å². The molecule has 12 heteroatoms. The van der Waals surface area contributed by atoms with E-state index < -0.39 is 58.7 Å². The van der Waals surface area contributed by atoms with Gasteiger partial charge in [0, 0.05) is 9.86 Å². The summed E-state index contributed by atoms with van der Waals surface area (Å²) in [6, 6.07) is 6.40. The van der Waals surface area contributed by atoms with Crippen LogP contribution in [0.5, 0.6) is 11.5 Å². The Kier molecular flexibility index (Phi) is 6.74. The standard InChI is InChI=1S/C25H22BrF3N2O6/c1-24(2,3)37-18(32)10-30-22(34)19-21(33)15-8-14(26)9-17-20(15)31(23(19)35)16(11-36-17)12-4-6-13(7-5-12)25(27,28)29/h4-9,16,33H,10-11H2,1-3H3,(H,30,34). The highest BCUT2D eigenvalue weighted by Crippen LogP contribution is 2.41. The van der Waals surface area contributed by atoms with Crippen molar-refractivity contribution in [3.63, 3.8) is 0 Å². The van der Waals surface area contributed by atoms with Gasteiger partial charge < -0.3 is 19.9 Å². The zero-order valence-electron chi connectivity index (χ0n) is 19.9. The molecule has 1 unspecified atom stereocenters. The summed E-state index contributed by atoms with van der Waals surface area (Å²) in [6.45, 7) is 4.28. The molecule has 0 radical (unpaired) electrons. The number of nitrogens with one attached hydrogen (secondary N) is 1. The molecule has 1 atom stereocenters. The third-order valence-corrected chi connectivity index (χ3v) is 6.03. The van der Waals surface area contributed by atoms with Crippen LogP contribution >= 0.6 is 15.9 Å². The maximum Gasteiger partial charge on any atom is 0.416 e. The van der Waals surface area contributed by atoms with E-state index in [1.54, 1.807) is 26.8 Å². The second-order valence-electron chi connectivity index (χ2n) is 9.41. The summed E-state index contributed by atoms with van der Waals surface area (Å²) < 4.78 is 51.8. The van der Waals surface area contributed by atoms with Gasteiger partial charge >= 0.3 is 12.1 Å². The number of rotatable bonds is 4. The number of carbonyl (C=O) groups excluding carboxylic acids is 2. The summed E-state index contributed by atoms with van der Waals surface area (Å²) >= 11 is 3.30. The number of esters is 1. The second-order valence-corrected chi connectivity index (χ2v) is 10.3. The average molecular weight is 583 g/mol. The van der Waals surface area contributed by atoms with Crippen molar-refractivity contribution in [2.24, 2.45) is 0 Å². The molecule has 3 aromatic rings. The number of ether oxygens (including phenoxy) is 2. The van der Waals surface area contributed by atoms with Crippen LogP contribution in [0.15, 0.2) is 45.7 Å². The fourth-order valence-corrected chi connectivity index (χ4v) is 4.51. The lowest BCUT2D eigenvalue weighted by atomic mass is 10.0. The van der Waals surface area contributed by atoms with Crippen molar-refractivity contribution in [1.82, 2.24) is 9.88 Å². The molecule has 37 heavy (non-hydrogen) atoms. The van der Waals surface area contributed by atoms with Crippen LogP contribution in [0, 0.1) is 0 Å². The molecule has 196 valence electrons. The van der Waals surface area contributed by atoms with E-state index in [1.807, 2.05) is 0 Å². The van der Waals surface area contributed by atoms with E-state index in [1.165, 1.54) is 22.8 Å². The van der Waals surface area contributed by atoms with Gasteiger partial charge in [-0.2, -0.15) is 13.2 Å². The van der Waals surface area contributed by atoms with Gasteiger partial charge in [-0.15, -0.1) is 0 Å². The maximum absolute atomic E-state index is 13.6. The van der Waals surface area contributed by atoms with E-state index in [0.717, 1.165) is 12.1 Å². The summed E-state index contributed by atoms with van der Waals surface area (Å²) in [4.78, 5) is 38.7. The van der Waals surface area contributed by atoms with Crippen molar-refractivity contribution in [2.75, 3.05) is 13.2 Å². The first-order valence-electron chi connectivity index (χ1n) is 11.1. The van der Waals surface area contributed by atoms with Crippen molar-refractivity contribution in [1.29, 1.82) is 0 Å². The molecule has 1 aliphatic heterocycles. The number of nitrogens with zero attached hydrogens (tertiary/aromatic N) is 1. The van der Waals surface area contributed by atoms with E-state index in [4.69, 9.17) is 9.47 Å². The zero-order chi connectivity index (χ0) is 27.3. The molecule has 2 heterocycles. The van der Waals surface area contributed by atoms with Crippen LogP contribution in [-0.2, 0) is 15.7 Å². The van der Waals surface area contributed by atoms with Gasteiger partial charge in [0.15, 0.2) is 0 Å². The molecular weight excluding hydrogens is 561 g/mol. The molecule has 1 aromatic heterocycles. The van der Waals surface area contributed by atoms with Crippen LogP contribution in [0.25, 0.3) is 10.9 Å². The molecule has 0 spiro atoms. The lowest BCUT2D eigenvalue weighted by Crippen LogP contribution is -2.40. The summed E-state index contributed by atoms with van der Waals surface area (Å²) in [7, 11) is 0. The normalized spacial score (nSPS) is 15.3. The first kappa shape index (κ1) is 26.5. The van der Waals surface area contributed by atoms with Gasteiger partial charge in [0.1, 0.15) is 35.8 Å². The summed E-state index contributed by atoms with van der Waals surface area (Å²) in [6.07, 6.45) is -4.54. The van der Waals surface area contributed by atoms with E-state index in [9.17, 15) is 32.7 Å². The van der Waals surface area contributed by atoms with Crippen molar-refractivity contribution in [2.45, 2.75) is 38.6 Å². The summed E-state index contributed by atoms with van der Waals surface area (Å²) in [5, 5.41) is 13.3.